The van der Waals surface area contributed by atoms with Crippen LogP contribution in [0.3, 0.4) is 0 Å². The van der Waals surface area contributed by atoms with Crippen molar-refractivity contribution in [1.82, 2.24) is 4.31 Å². The van der Waals surface area contributed by atoms with Gasteiger partial charge in [-0.3, -0.25) is 10.1 Å². The monoisotopic (exact) mass is 313 g/mol. The third-order valence-corrected chi connectivity index (χ3v) is 5.66. The summed E-state index contributed by atoms with van der Waals surface area (Å²) in [5.41, 5.74) is 5.22. The number of rotatable bonds is 5. The summed E-state index contributed by atoms with van der Waals surface area (Å²) in [6.07, 6.45) is 2.77. The lowest BCUT2D eigenvalue weighted by molar-refractivity contribution is -0.387. The zero-order valence-electron chi connectivity index (χ0n) is 11.9. The fraction of sp³-hybridized carbons (Fsp3) is 0.538. The highest BCUT2D eigenvalue weighted by Gasteiger charge is 2.36. The van der Waals surface area contributed by atoms with E-state index in [9.17, 15) is 18.5 Å². The Labute approximate surface area is 123 Å². The first-order valence-electron chi connectivity index (χ1n) is 6.90. The molecule has 8 heteroatoms. The zero-order chi connectivity index (χ0) is 15.6. The van der Waals surface area contributed by atoms with Gasteiger partial charge in [-0.25, -0.2) is 8.42 Å². The van der Waals surface area contributed by atoms with Crippen molar-refractivity contribution in [2.75, 3.05) is 18.8 Å². The predicted molar refractivity (Wildman–Crippen MR) is 79.3 cm³/mol. The maximum atomic E-state index is 12.6. The summed E-state index contributed by atoms with van der Waals surface area (Å²) in [4.78, 5) is 10.1. The lowest BCUT2D eigenvalue weighted by Gasteiger charge is -2.16. The van der Waals surface area contributed by atoms with Crippen LogP contribution in [0.25, 0.3) is 0 Å². The molecule has 0 bridgehead atoms. The Morgan fingerprint density at radius 1 is 1.48 bits per heavy atom. The van der Waals surface area contributed by atoms with E-state index in [1.54, 1.807) is 0 Å². The maximum absolute atomic E-state index is 12.6. The van der Waals surface area contributed by atoms with Crippen molar-refractivity contribution >= 4 is 21.4 Å². The van der Waals surface area contributed by atoms with Gasteiger partial charge in [-0.05, 0) is 30.9 Å². The largest absolute Gasteiger partial charge is 0.399 e. The van der Waals surface area contributed by atoms with Gasteiger partial charge < -0.3 is 5.73 Å². The molecule has 0 saturated carbocycles. The van der Waals surface area contributed by atoms with Crippen molar-refractivity contribution in [1.29, 1.82) is 0 Å². The molecule has 21 heavy (non-hydrogen) atoms. The van der Waals surface area contributed by atoms with Crippen LogP contribution in [-0.2, 0) is 10.0 Å². The Bertz CT molecular complexity index is 645. The van der Waals surface area contributed by atoms with Gasteiger partial charge in [-0.1, -0.05) is 13.3 Å². The molecule has 0 spiro atoms. The number of nitrogen functional groups attached to an aromatic ring is 1. The van der Waals surface area contributed by atoms with E-state index in [-0.39, 0.29) is 10.6 Å². The molecular weight excluding hydrogens is 294 g/mol. The van der Waals surface area contributed by atoms with Crippen molar-refractivity contribution in [3.8, 4) is 0 Å². The van der Waals surface area contributed by atoms with Gasteiger partial charge in [0, 0.05) is 24.8 Å². The Hall–Kier alpha value is -1.67. The van der Waals surface area contributed by atoms with Crippen LogP contribution in [0.15, 0.2) is 23.1 Å². The minimum atomic E-state index is -3.85. The summed E-state index contributed by atoms with van der Waals surface area (Å²) in [7, 11) is -3.85. The summed E-state index contributed by atoms with van der Waals surface area (Å²) in [6.45, 7) is 2.90. The average molecular weight is 313 g/mol. The first kappa shape index (κ1) is 15.7. The molecule has 116 valence electrons. The van der Waals surface area contributed by atoms with Crippen LogP contribution in [0.2, 0.25) is 0 Å². The van der Waals surface area contributed by atoms with E-state index >= 15 is 0 Å². The highest BCUT2D eigenvalue weighted by molar-refractivity contribution is 7.89. The normalized spacial score (nSPS) is 19.8. The van der Waals surface area contributed by atoms with E-state index in [1.165, 1.54) is 16.4 Å². The Balaban J connectivity index is 2.35. The number of anilines is 1. The highest BCUT2D eigenvalue weighted by Crippen LogP contribution is 2.32. The summed E-state index contributed by atoms with van der Waals surface area (Å²) in [5, 5.41) is 11.1. The van der Waals surface area contributed by atoms with E-state index < -0.39 is 20.6 Å². The van der Waals surface area contributed by atoms with Crippen LogP contribution in [0.4, 0.5) is 11.4 Å². The lowest BCUT2D eigenvalue weighted by Crippen LogP contribution is -2.29. The average Bonchev–Trinajstić information content (AvgIpc) is 2.88. The molecule has 2 N–H and O–H groups in total. The summed E-state index contributed by atoms with van der Waals surface area (Å²) < 4.78 is 26.5. The van der Waals surface area contributed by atoms with Crippen LogP contribution >= 0.6 is 0 Å². The molecule has 1 aromatic carbocycles. The molecule has 1 atom stereocenters. The third kappa shape index (κ3) is 3.16. The van der Waals surface area contributed by atoms with E-state index in [0.29, 0.717) is 19.0 Å². The second-order valence-electron chi connectivity index (χ2n) is 5.29. The Morgan fingerprint density at radius 3 is 2.81 bits per heavy atom. The molecule has 1 saturated heterocycles. The molecule has 2 rings (SSSR count). The molecule has 1 aliphatic rings. The van der Waals surface area contributed by atoms with E-state index in [1.807, 2.05) is 0 Å². The quantitative estimate of drug-likeness (QED) is 0.508. The predicted octanol–water partition coefficient (Wildman–Crippen LogP) is 1.99. The molecule has 1 aromatic rings. The van der Waals surface area contributed by atoms with Gasteiger partial charge in [-0.2, -0.15) is 4.31 Å². The fourth-order valence-corrected chi connectivity index (χ4v) is 4.36. The number of nitro groups is 1. The zero-order valence-corrected chi connectivity index (χ0v) is 12.7. The van der Waals surface area contributed by atoms with E-state index in [0.717, 1.165) is 25.3 Å². The molecule has 1 aliphatic heterocycles. The molecule has 1 heterocycles. The van der Waals surface area contributed by atoms with Gasteiger partial charge in [0.05, 0.1) is 4.92 Å². The number of nitrogens with two attached hydrogens (primary N) is 1. The fourth-order valence-electron chi connectivity index (χ4n) is 2.69. The van der Waals surface area contributed by atoms with Crippen molar-refractivity contribution in [3.63, 3.8) is 0 Å². The van der Waals surface area contributed by atoms with E-state index in [2.05, 4.69) is 6.92 Å². The highest BCUT2D eigenvalue weighted by atomic mass is 32.2. The standard InChI is InChI=1S/C13H19N3O4S/c1-2-3-10-6-7-15(9-10)21(19,20)13-5-4-11(14)8-12(13)16(17)18/h4-5,8,10H,2-3,6-7,9,14H2,1H3. The first-order chi connectivity index (χ1) is 9.86. The van der Waals surface area contributed by atoms with Crippen molar-refractivity contribution in [3.05, 3.63) is 28.3 Å². The number of nitro benzene ring substituents is 1. The van der Waals surface area contributed by atoms with Crippen molar-refractivity contribution < 1.29 is 13.3 Å². The number of nitrogens with zero attached hydrogens (tertiary/aromatic N) is 2. The maximum Gasteiger partial charge on any atom is 0.291 e. The van der Waals surface area contributed by atoms with E-state index in [4.69, 9.17) is 5.73 Å². The molecular formula is C13H19N3O4S. The number of hydrogen-bond acceptors (Lipinski definition) is 5. The SMILES string of the molecule is CCCC1CCN(S(=O)(=O)c2ccc(N)cc2[N+](=O)[O-])C1. The summed E-state index contributed by atoms with van der Waals surface area (Å²) >= 11 is 0. The number of hydrogen-bond donors (Lipinski definition) is 1. The minimum Gasteiger partial charge on any atom is -0.399 e. The van der Waals surface area contributed by atoms with Crippen molar-refractivity contribution in [2.45, 2.75) is 31.1 Å². The van der Waals surface area contributed by atoms with Gasteiger partial charge in [0.15, 0.2) is 4.90 Å². The number of sulfonamides is 1. The molecule has 7 nitrogen and oxygen atoms in total. The van der Waals surface area contributed by atoms with Gasteiger partial charge in [0.1, 0.15) is 0 Å². The lowest BCUT2D eigenvalue weighted by atomic mass is 10.0. The minimum absolute atomic E-state index is 0.172. The molecule has 0 aromatic heterocycles. The Morgan fingerprint density at radius 2 is 2.19 bits per heavy atom. The van der Waals surface area contributed by atoms with Gasteiger partial charge >= 0.3 is 0 Å². The Kier molecular flexibility index (Phi) is 4.48. The van der Waals surface area contributed by atoms with Crippen LogP contribution in [0.1, 0.15) is 26.2 Å². The molecule has 0 amide bonds. The summed E-state index contributed by atoms with van der Waals surface area (Å²) in [5.74, 6) is 0.331. The molecule has 0 aliphatic carbocycles. The summed E-state index contributed by atoms with van der Waals surface area (Å²) in [6, 6.07) is 3.68. The molecule has 0 radical (unpaired) electrons. The van der Waals surface area contributed by atoms with Gasteiger partial charge in [-0.15, -0.1) is 0 Å². The first-order valence-corrected chi connectivity index (χ1v) is 8.34. The van der Waals surface area contributed by atoms with Crippen LogP contribution in [0.5, 0.6) is 0 Å². The van der Waals surface area contributed by atoms with Crippen molar-refractivity contribution in [2.24, 2.45) is 5.92 Å². The van der Waals surface area contributed by atoms with Crippen LogP contribution in [-0.4, -0.2) is 30.7 Å². The number of benzene rings is 1. The third-order valence-electron chi connectivity index (χ3n) is 3.74. The smallest absolute Gasteiger partial charge is 0.291 e. The van der Waals surface area contributed by atoms with Crippen LogP contribution < -0.4 is 5.73 Å². The molecule has 1 fully saturated rings. The second kappa shape index (κ2) is 5.98. The topological polar surface area (TPSA) is 107 Å². The van der Waals surface area contributed by atoms with Crippen LogP contribution in [0, 0.1) is 16.0 Å². The molecule has 1 unspecified atom stereocenters. The van der Waals surface area contributed by atoms with Gasteiger partial charge in [0.2, 0.25) is 10.0 Å². The van der Waals surface area contributed by atoms with Gasteiger partial charge in [0.25, 0.3) is 5.69 Å². The second-order valence-corrected chi connectivity index (χ2v) is 7.20.